The molecule has 0 atom stereocenters. The van der Waals surface area contributed by atoms with Crippen molar-refractivity contribution in [3.05, 3.63) is 36.0 Å². The summed E-state index contributed by atoms with van der Waals surface area (Å²) in [4.78, 5) is 11.0. The molecule has 0 aromatic rings. The van der Waals surface area contributed by atoms with Crippen LogP contribution in [0.1, 0.15) is 13.3 Å². The molecule has 0 fully saturated rings. The van der Waals surface area contributed by atoms with Gasteiger partial charge < -0.3 is 0 Å². The van der Waals surface area contributed by atoms with E-state index in [4.69, 9.17) is 0 Å². The van der Waals surface area contributed by atoms with Gasteiger partial charge in [0.15, 0.2) is 5.78 Å². The zero-order chi connectivity index (χ0) is 7.40. The van der Waals surface area contributed by atoms with Crippen molar-refractivity contribution >= 4 is 5.78 Å². The van der Waals surface area contributed by atoms with Gasteiger partial charge >= 0.3 is 0 Å². The highest BCUT2D eigenvalue weighted by atomic mass is 16.1. The van der Waals surface area contributed by atoms with Crippen molar-refractivity contribution in [2.75, 3.05) is 0 Å². The minimum atomic E-state index is 0.209. The number of ketones is 1. The summed E-state index contributed by atoms with van der Waals surface area (Å²) in [6.07, 6.45) is 9.89. The summed E-state index contributed by atoms with van der Waals surface area (Å²) in [6, 6.07) is 0. The van der Waals surface area contributed by atoms with Crippen LogP contribution < -0.4 is 0 Å². The molecule has 0 amide bonds. The standard InChI is InChI=1S/C9H10O/c1-2-5-8-6-3-4-7-9(8)10/h2-6H,7H2,1H3. The first kappa shape index (κ1) is 7.00. The lowest BCUT2D eigenvalue weighted by Crippen LogP contribution is -2.00. The number of carbonyl (C=O) groups is 1. The molecule has 0 unspecified atom stereocenters. The molecule has 52 valence electrons. The van der Waals surface area contributed by atoms with Crippen LogP contribution in [0.4, 0.5) is 0 Å². The van der Waals surface area contributed by atoms with Crippen molar-refractivity contribution in [2.24, 2.45) is 0 Å². The van der Waals surface area contributed by atoms with Gasteiger partial charge in [0.05, 0.1) is 0 Å². The van der Waals surface area contributed by atoms with Gasteiger partial charge in [-0.1, -0.05) is 30.4 Å². The van der Waals surface area contributed by atoms with E-state index in [1.807, 2.05) is 37.3 Å². The third-order valence-corrected chi connectivity index (χ3v) is 1.38. The van der Waals surface area contributed by atoms with E-state index in [0.29, 0.717) is 6.42 Å². The summed E-state index contributed by atoms with van der Waals surface area (Å²) in [7, 11) is 0. The molecular weight excluding hydrogens is 124 g/mol. The summed E-state index contributed by atoms with van der Waals surface area (Å²) in [5.41, 5.74) is 0.810. The van der Waals surface area contributed by atoms with Gasteiger partial charge in [-0.3, -0.25) is 4.79 Å². The molecule has 1 heteroatoms. The fraction of sp³-hybridized carbons (Fsp3) is 0.222. The molecule has 0 aromatic heterocycles. The van der Waals surface area contributed by atoms with Crippen molar-refractivity contribution in [1.82, 2.24) is 0 Å². The normalized spacial score (nSPS) is 18.1. The van der Waals surface area contributed by atoms with Crippen molar-refractivity contribution in [2.45, 2.75) is 13.3 Å². The third kappa shape index (κ3) is 1.44. The molecule has 1 rings (SSSR count). The Bertz CT molecular complexity index is 219. The summed E-state index contributed by atoms with van der Waals surface area (Å²) in [6.45, 7) is 1.91. The maximum Gasteiger partial charge on any atom is 0.166 e. The second-order valence-corrected chi connectivity index (χ2v) is 2.18. The number of allylic oxidation sites excluding steroid dienone is 6. The zero-order valence-electron chi connectivity index (χ0n) is 6.00. The van der Waals surface area contributed by atoms with Crippen molar-refractivity contribution in [1.29, 1.82) is 0 Å². The molecule has 10 heavy (non-hydrogen) atoms. The average molecular weight is 134 g/mol. The van der Waals surface area contributed by atoms with Crippen LogP contribution in [0.3, 0.4) is 0 Å². The fourth-order valence-electron chi connectivity index (χ4n) is 0.886. The molecule has 0 bridgehead atoms. The Morgan fingerprint density at radius 3 is 3.00 bits per heavy atom. The Morgan fingerprint density at radius 1 is 1.60 bits per heavy atom. The monoisotopic (exact) mass is 134 g/mol. The van der Waals surface area contributed by atoms with Gasteiger partial charge in [-0.2, -0.15) is 0 Å². The summed E-state index contributed by atoms with van der Waals surface area (Å²) in [5.74, 6) is 0.209. The van der Waals surface area contributed by atoms with Gasteiger partial charge in [-0.05, 0) is 6.92 Å². The van der Waals surface area contributed by atoms with Crippen molar-refractivity contribution in [3.63, 3.8) is 0 Å². The number of rotatable bonds is 1. The predicted octanol–water partition coefficient (Wildman–Crippen LogP) is 2.02. The van der Waals surface area contributed by atoms with Crippen molar-refractivity contribution in [3.8, 4) is 0 Å². The molecule has 0 aromatic carbocycles. The number of hydrogen-bond donors (Lipinski definition) is 0. The van der Waals surface area contributed by atoms with Crippen LogP contribution in [0, 0.1) is 0 Å². The maximum absolute atomic E-state index is 11.0. The van der Waals surface area contributed by atoms with Crippen LogP contribution in [-0.4, -0.2) is 5.78 Å². The van der Waals surface area contributed by atoms with Crippen LogP contribution in [0.5, 0.6) is 0 Å². The number of carbonyl (C=O) groups excluding carboxylic acids is 1. The van der Waals surface area contributed by atoms with E-state index in [2.05, 4.69) is 0 Å². The maximum atomic E-state index is 11.0. The first-order chi connectivity index (χ1) is 4.84. The molecule has 0 radical (unpaired) electrons. The second kappa shape index (κ2) is 3.16. The topological polar surface area (TPSA) is 17.1 Å². The molecule has 0 heterocycles. The van der Waals surface area contributed by atoms with Gasteiger partial charge in [0.2, 0.25) is 0 Å². The van der Waals surface area contributed by atoms with Crippen LogP contribution in [0.15, 0.2) is 36.0 Å². The lowest BCUT2D eigenvalue weighted by molar-refractivity contribution is -0.114. The Hall–Kier alpha value is -1.11. The zero-order valence-corrected chi connectivity index (χ0v) is 6.00. The highest BCUT2D eigenvalue weighted by Crippen LogP contribution is 2.08. The quantitative estimate of drug-likeness (QED) is 0.536. The Balaban J connectivity index is 2.80. The molecule has 0 saturated carbocycles. The summed E-state index contributed by atoms with van der Waals surface area (Å²) >= 11 is 0. The second-order valence-electron chi connectivity index (χ2n) is 2.18. The Morgan fingerprint density at radius 2 is 2.40 bits per heavy atom. The molecule has 1 aliphatic carbocycles. The number of Topliss-reactive ketones (excluding diaryl/α,β-unsaturated/α-hetero) is 1. The molecule has 1 aliphatic rings. The smallest absolute Gasteiger partial charge is 0.166 e. The van der Waals surface area contributed by atoms with Crippen LogP contribution >= 0.6 is 0 Å². The summed E-state index contributed by atoms with van der Waals surface area (Å²) in [5, 5.41) is 0. The van der Waals surface area contributed by atoms with E-state index in [1.54, 1.807) is 0 Å². The molecule has 0 N–H and O–H groups in total. The van der Waals surface area contributed by atoms with E-state index >= 15 is 0 Å². The first-order valence-corrected chi connectivity index (χ1v) is 3.37. The van der Waals surface area contributed by atoms with Gasteiger partial charge in [0.1, 0.15) is 0 Å². The average Bonchev–Trinajstić information content (AvgIpc) is 1.94. The molecule has 0 spiro atoms. The fourth-order valence-corrected chi connectivity index (χ4v) is 0.886. The summed E-state index contributed by atoms with van der Waals surface area (Å²) < 4.78 is 0. The van der Waals surface area contributed by atoms with Crippen molar-refractivity contribution < 1.29 is 4.79 Å². The molecule has 1 nitrogen and oxygen atoms in total. The van der Waals surface area contributed by atoms with Gasteiger partial charge in [-0.15, -0.1) is 0 Å². The highest BCUT2D eigenvalue weighted by Gasteiger charge is 2.05. The van der Waals surface area contributed by atoms with E-state index in [1.165, 1.54) is 0 Å². The first-order valence-electron chi connectivity index (χ1n) is 3.37. The van der Waals surface area contributed by atoms with Crippen LogP contribution in [-0.2, 0) is 4.79 Å². The molecule has 0 aliphatic heterocycles. The lowest BCUT2D eigenvalue weighted by atomic mass is 10.0. The van der Waals surface area contributed by atoms with Gasteiger partial charge in [0, 0.05) is 12.0 Å². The van der Waals surface area contributed by atoms with E-state index in [9.17, 15) is 4.79 Å². The third-order valence-electron chi connectivity index (χ3n) is 1.38. The molecular formula is C9H10O. The van der Waals surface area contributed by atoms with E-state index < -0.39 is 0 Å². The van der Waals surface area contributed by atoms with Crippen LogP contribution in [0.25, 0.3) is 0 Å². The Labute approximate surface area is 60.7 Å². The minimum absolute atomic E-state index is 0.209. The largest absolute Gasteiger partial charge is 0.294 e. The SMILES string of the molecule is CC=CC1=CC=CCC1=O. The van der Waals surface area contributed by atoms with E-state index in [-0.39, 0.29) is 5.78 Å². The van der Waals surface area contributed by atoms with Gasteiger partial charge in [-0.25, -0.2) is 0 Å². The Kier molecular flexibility index (Phi) is 2.21. The molecule has 0 saturated heterocycles. The van der Waals surface area contributed by atoms with Gasteiger partial charge in [0.25, 0.3) is 0 Å². The van der Waals surface area contributed by atoms with E-state index in [0.717, 1.165) is 5.57 Å². The highest BCUT2D eigenvalue weighted by molar-refractivity contribution is 6.00. The van der Waals surface area contributed by atoms with Crippen LogP contribution in [0.2, 0.25) is 0 Å². The lowest BCUT2D eigenvalue weighted by Gasteiger charge is -2.00. The predicted molar refractivity (Wildman–Crippen MR) is 41.7 cm³/mol. The number of hydrogen-bond acceptors (Lipinski definition) is 1. The minimum Gasteiger partial charge on any atom is -0.294 e.